The monoisotopic (exact) mass is 329 g/mol. The zero-order valence-corrected chi connectivity index (χ0v) is 12.4. The van der Waals surface area contributed by atoms with E-state index in [1.165, 1.54) is 25.4 Å². The normalized spacial score (nSPS) is 11.4. The minimum atomic E-state index is -4.45. The summed E-state index contributed by atoms with van der Waals surface area (Å²) in [5, 5.41) is 0.162. The number of carbonyl (C=O) groups is 1. The van der Waals surface area contributed by atoms with E-state index in [0.717, 1.165) is 12.1 Å². The zero-order chi connectivity index (χ0) is 16.5. The van der Waals surface area contributed by atoms with Crippen LogP contribution in [0, 0.1) is 6.92 Å². The van der Waals surface area contributed by atoms with Gasteiger partial charge < -0.3 is 4.74 Å². The van der Waals surface area contributed by atoms with E-state index in [2.05, 4.69) is 9.72 Å². The molecular weight excluding hydrogens is 319 g/mol. The van der Waals surface area contributed by atoms with E-state index >= 15 is 0 Å². The van der Waals surface area contributed by atoms with Crippen LogP contribution < -0.4 is 0 Å². The number of methoxy groups -OCH3 is 1. The number of benzene rings is 1. The lowest BCUT2D eigenvalue weighted by Gasteiger charge is -2.12. The van der Waals surface area contributed by atoms with Gasteiger partial charge in [-0.1, -0.05) is 23.7 Å². The summed E-state index contributed by atoms with van der Waals surface area (Å²) < 4.78 is 42.9. The Kier molecular flexibility index (Phi) is 4.42. The number of halogens is 4. The van der Waals surface area contributed by atoms with Crippen molar-refractivity contribution in [2.75, 3.05) is 7.11 Å². The highest BCUT2D eigenvalue weighted by Crippen LogP contribution is 2.35. The predicted octanol–water partition coefficient (Wildman–Crippen LogP) is 4.52. The lowest BCUT2D eigenvalue weighted by Crippen LogP contribution is -2.08. The highest BCUT2D eigenvalue weighted by Gasteiger charge is 2.30. The lowest BCUT2D eigenvalue weighted by molar-refractivity contribution is -0.137. The predicted molar refractivity (Wildman–Crippen MR) is 75.8 cm³/mol. The molecule has 0 amide bonds. The van der Waals surface area contributed by atoms with Crippen LogP contribution in [0.2, 0.25) is 5.02 Å². The van der Waals surface area contributed by atoms with Crippen LogP contribution >= 0.6 is 11.6 Å². The molecule has 0 atom stereocenters. The second kappa shape index (κ2) is 5.96. The molecule has 0 fully saturated rings. The van der Waals surface area contributed by atoms with Gasteiger partial charge in [-0.05, 0) is 24.6 Å². The van der Waals surface area contributed by atoms with E-state index in [0.29, 0.717) is 11.1 Å². The van der Waals surface area contributed by atoms with Gasteiger partial charge in [0.05, 0.1) is 17.7 Å². The number of rotatable bonds is 2. The summed E-state index contributed by atoms with van der Waals surface area (Å²) in [5.41, 5.74) is 0.187. The van der Waals surface area contributed by atoms with Crippen molar-refractivity contribution in [2.24, 2.45) is 0 Å². The summed E-state index contributed by atoms with van der Waals surface area (Å²) in [6.45, 7) is 1.55. The standard InChI is InChI=1S/C15H11ClF3NO2/c1-8-12(16)11(7-20-13(8)14(21)22-2)9-4-3-5-10(6-9)15(17,18)19/h3-7H,1-2H3. The Morgan fingerprint density at radius 2 is 2.00 bits per heavy atom. The molecule has 0 bridgehead atoms. The quantitative estimate of drug-likeness (QED) is 0.761. The van der Waals surface area contributed by atoms with Crippen LogP contribution in [0.25, 0.3) is 11.1 Å². The summed E-state index contributed by atoms with van der Waals surface area (Å²) in [6.07, 6.45) is -3.19. The van der Waals surface area contributed by atoms with Crippen LogP contribution in [0.5, 0.6) is 0 Å². The molecule has 0 aliphatic heterocycles. The van der Waals surface area contributed by atoms with Crippen molar-refractivity contribution in [1.29, 1.82) is 0 Å². The largest absolute Gasteiger partial charge is 0.464 e. The molecule has 0 aliphatic carbocycles. The first-order valence-electron chi connectivity index (χ1n) is 6.16. The molecule has 1 aromatic heterocycles. The second-order valence-electron chi connectivity index (χ2n) is 4.53. The molecule has 1 heterocycles. The number of pyridine rings is 1. The molecule has 2 rings (SSSR count). The Bertz CT molecular complexity index is 729. The molecule has 0 N–H and O–H groups in total. The Morgan fingerprint density at radius 1 is 1.32 bits per heavy atom. The Morgan fingerprint density at radius 3 is 2.59 bits per heavy atom. The Hall–Kier alpha value is -2.08. The molecule has 0 aliphatic rings. The molecule has 0 saturated heterocycles. The molecule has 0 spiro atoms. The third-order valence-corrected chi connectivity index (χ3v) is 3.61. The van der Waals surface area contributed by atoms with Crippen molar-refractivity contribution in [1.82, 2.24) is 4.98 Å². The van der Waals surface area contributed by atoms with Crippen molar-refractivity contribution in [3.8, 4) is 11.1 Å². The molecule has 22 heavy (non-hydrogen) atoms. The zero-order valence-electron chi connectivity index (χ0n) is 11.7. The SMILES string of the molecule is COC(=O)c1ncc(-c2cccc(C(F)(F)F)c2)c(Cl)c1C. The third-order valence-electron chi connectivity index (χ3n) is 3.12. The first-order chi connectivity index (χ1) is 10.3. The average Bonchev–Trinajstić information content (AvgIpc) is 2.48. The molecular formula is C15H11ClF3NO2. The van der Waals surface area contributed by atoms with Gasteiger partial charge >= 0.3 is 12.1 Å². The van der Waals surface area contributed by atoms with Gasteiger partial charge in [0.25, 0.3) is 0 Å². The molecule has 0 unspecified atom stereocenters. The highest BCUT2D eigenvalue weighted by molar-refractivity contribution is 6.34. The van der Waals surface area contributed by atoms with Crippen molar-refractivity contribution in [3.05, 3.63) is 52.3 Å². The Balaban J connectivity index is 2.55. The summed E-state index contributed by atoms with van der Waals surface area (Å²) in [6, 6.07) is 4.74. The fraction of sp³-hybridized carbons (Fsp3) is 0.200. The van der Waals surface area contributed by atoms with E-state index in [-0.39, 0.29) is 16.3 Å². The van der Waals surface area contributed by atoms with Crippen molar-refractivity contribution in [3.63, 3.8) is 0 Å². The number of esters is 1. The number of aromatic nitrogens is 1. The fourth-order valence-corrected chi connectivity index (χ4v) is 2.20. The molecule has 0 saturated carbocycles. The van der Waals surface area contributed by atoms with Gasteiger partial charge in [-0.25, -0.2) is 9.78 Å². The van der Waals surface area contributed by atoms with Gasteiger partial charge in [0.1, 0.15) is 0 Å². The number of carbonyl (C=O) groups excluding carboxylic acids is 1. The van der Waals surface area contributed by atoms with Crippen LogP contribution in [0.15, 0.2) is 30.5 Å². The van der Waals surface area contributed by atoms with Crippen LogP contribution in [0.1, 0.15) is 21.6 Å². The number of alkyl halides is 3. The van der Waals surface area contributed by atoms with Gasteiger partial charge in [0.2, 0.25) is 0 Å². The molecule has 7 heteroatoms. The molecule has 1 aromatic carbocycles. The molecule has 0 radical (unpaired) electrons. The first-order valence-corrected chi connectivity index (χ1v) is 6.54. The molecule has 116 valence electrons. The van der Waals surface area contributed by atoms with Gasteiger partial charge in [0, 0.05) is 17.3 Å². The highest BCUT2D eigenvalue weighted by atomic mass is 35.5. The van der Waals surface area contributed by atoms with Crippen LogP contribution in [0.3, 0.4) is 0 Å². The maximum Gasteiger partial charge on any atom is 0.416 e. The second-order valence-corrected chi connectivity index (χ2v) is 4.91. The molecule has 3 nitrogen and oxygen atoms in total. The lowest BCUT2D eigenvalue weighted by atomic mass is 10.0. The van der Waals surface area contributed by atoms with E-state index in [1.54, 1.807) is 6.92 Å². The van der Waals surface area contributed by atoms with Gasteiger partial charge in [-0.3, -0.25) is 0 Å². The average molecular weight is 330 g/mol. The molecule has 2 aromatic rings. The number of hydrogen-bond donors (Lipinski definition) is 0. The summed E-state index contributed by atoms with van der Waals surface area (Å²) >= 11 is 6.17. The third kappa shape index (κ3) is 3.06. The van der Waals surface area contributed by atoms with Crippen molar-refractivity contribution >= 4 is 17.6 Å². The van der Waals surface area contributed by atoms with Crippen LogP contribution in [0.4, 0.5) is 13.2 Å². The minimum Gasteiger partial charge on any atom is -0.464 e. The van der Waals surface area contributed by atoms with Gasteiger partial charge in [-0.15, -0.1) is 0 Å². The first kappa shape index (κ1) is 16.3. The topological polar surface area (TPSA) is 39.2 Å². The van der Waals surface area contributed by atoms with Crippen molar-refractivity contribution in [2.45, 2.75) is 13.1 Å². The van der Waals surface area contributed by atoms with Crippen LogP contribution in [-0.2, 0) is 10.9 Å². The summed E-state index contributed by atoms with van der Waals surface area (Å²) in [5.74, 6) is -0.657. The summed E-state index contributed by atoms with van der Waals surface area (Å²) in [7, 11) is 1.21. The number of nitrogens with zero attached hydrogens (tertiary/aromatic N) is 1. The number of hydrogen-bond acceptors (Lipinski definition) is 3. The van der Waals surface area contributed by atoms with E-state index in [9.17, 15) is 18.0 Å². The fourth-order valence-electron chi connectivity index (χ4n) is 1.96. The summed E-state index contributed by atoms with van der Waals surface area (Å²) in [4.78, 5) is 15.5. The maximum absolute atomic E-state index is 12.8. The van der Waals surface area contributed by atoms with E-state index in [1.807, 2.05) is 0 Å². The maximum atomic E-state index is 12.8. The smallest absolute Gasteiger partial charge is 0.416 e. The Labute approximate surface area is 129 Å². The van der Waals surface area contributed by atoms with Crippen molar-refractivity contribution < 1.29 is 22.7 Å². The van der Waals surface area contributed by atoms with E-state index < -0.39 is 17.7 Å². The van der Waals surface area contributed by atoms with Gasteiger partial charge in [0.15, 0.2) is 5.69 Å². The van der Waals surface area contributed by atoms with E-state index in [4.69, 9.17) is 11.6 Å². The van der Waals surface area contributed by atoms with Crippen LogP contribution in [-0.4, -0.2) is 18.1 Å². The minimum absolute atomic E-state index is 0.0308. The van der Waals surface area contributed by atoms with Gasteiger partial charge in [-0.2, -0.15) is 13.2 Å². The number of ether oxygens (including phenoxy) is 1.